The van der Waals surface area contributed by atoms with Gasteiger partial charge in [-0.3, -0.25) is 4.79 Å². The second-order valence-corrected chi connectivity index (χ2v) is 5.52. The van der Waals surface area contributed by atoms with Gasteiger partial charge >= 0.3 is 0 Å². The lowest BCUT2D eigenvalue weighted by Crippen LogP contribution is -2.44. The summed E-state index contributed by atoms with van der Waals surface area (Å²) in [7, 11) is 0. The summed E-state index contributed by atoms with van der Waals surface area (Å²) >= 11 is 5.47. The number of nitrogens with one attached hydrogen (secondary N) is 1. The van der Waals surface area contributed by atoms with Crippen LogP contribution in [0.25, 0.3) is 0 Å². The van der Waals surface area contributed by atoms with Crippen LogP contribution in [0.4, 0.5) is 0 Å². The van der Waals surface area contributed by atoms with Crippen molar-refractivity contribution in [2.45, 2.75) is 57.9 Å². The molecule has 1 saturated carbocycles. The average Bonchev–Trinajstić information content (AvgIpc) is 2.66. The molecule has 0 atom stereocenters. The van der Waals surface area contributed by atoms with Crippen molar-refractivity contribution >= 4 is 17.5 Å². The van der Waals surface area contributed by atoms with Crippen molar-refractivity contribution in [2.24, 2.45) is 5.92 Å². The Morgan fingerprint density at radius 3 is 2.53 bits per heavy atom. The molecule has 0 heterocycles. The molecule has 0 aliphatic heterocycles. The van der Waals surface area contributed by atoms with Crippen LogP contribution in [0.15, 0.2) is 0 Å². The molecule has 3 heteroatoms. The lowest BCUT2D eigenvalue weighted by atomic mass is 9.91. The fourth-order valence-corrected chi connectivity index (χ4v) is 2.40. The van der Waals surface area contributed by atoms with Crippen LogP contribution in [-0.2, 0) is 4.79 Å². The molecule has 1 N–H and O–H groups in total. The topological polar surface area (TPSA) is 29.1 Å². The zero-order chi connectivity index (χ0) is 11.3. The molecule has 1 rings (SSSR count). The van der Waals surface area contributed by atoms with Gasteiger partial charge in [-0.1, -0.05) is 25.7 Å². The molecule has 1 amide bonds. The molecule has 1 aliphatic carbocycles. The molecule has 1 fully saturated rings. The van der Waals surface area contributed by atoms with Gasteiger partial charge in [0.05, 0.1) is 0 Å². The van der Waals surface area contributed by atoms with Crippen molar-refractivity contribution in [3.8, 4) is 0 Å². The van der Waals surface area contributed by atoms with Crippen LogP contribution in [0.5, 0.6) is 0 Å². The van der Waals surface area contributed by atoms with E-state index in [4.69, 9.17) is 11.6 Å². The Kier molecular flexibility index (Phi) is 4.91. The van der Waals surface area contributed by atoms with Gasteiger partial charge in [-0.25, -0.2) is 0 Å². The average molecular weight is 232 g/mol. The number of amides is 1. The van der Waals surface area contributed by atoms with E-state index in [1.165, 1.54) is 32.1 Å². The number of rotatable bonds is 5. The van der Waals surface area contributed by atoms with E-state index in [9.17, 15) is 4.79 Å². The number of hydrogen-bond donors (Lipinski definition) is 1. The van der Waals surface area contributed by atoms with Crippen molar-refractivity contribution in [3.63, 3.8) is 0 Å². The fourth-order valence-electron chi connectivity index (χ4n) is 2.34. The van der Waals surface area contributed by atoms with Crippen LogP contribution >= 0.6 is 11.6 Å². The molecule has 0 unspecified atom stereocenters. The summed E-state index contributed by atoms with van der Waals surface area (Å²) in [5, 5.41) is 2.96. The summed E-state index contributed by atoms with van der Waals surface area (Å²) in [6.07, 6.45) is 7.81. The van der Waals surface area contributed by atoms with E-state index in [0.717, 1.165) is 12.3 Å². The summed E-state index contributed by atoms with van der Waals surface area (Å²) in [5.74, 6) is 0.887. The quantitative estimate of drug-likeness (QED) is 0.724. The van der Waals surface area contributed by atoms with Gasteiger partial charge in [-0.05, 0) is 32.6 Å². The minimum absolute atomic E-state index is 0.0620. The smallest absolute Gasteiger partial charge is 0.235 e. The lowest BCUT2D eigenvalue weighted by Gasteiger charge is -2.27. The van der Waals surface area contributed by atoms with Gasteiger partial charge in [0, 0.05) is 5.54 Å². The Morgan fingerprint density at radius 1 is 1.40 bits per heavy atom. The number of alkyl halides is 1. The molecule has 0 spiro atoms. The van der Waals surface area contributed by atoms with E-state index in [0.29, 0.717) is 0 Å². The van der Waals surface area contributed by atoms with Crippen molar-refractivity contribution < 1.29 is 4.79 Å². The highest BCUT2D eigenvalue weighted by Crippen LogP contribution is 2.30. The molecular formula is C12H22ClNO. The maximum atomic E-state index is 11.2. The normalized spacial score (nSPS) is 18.1. The predicted molar refractivity (Wildman–Crippen MR) is 64.1 cm³/mol. The van der Waals surface area contributed by atoms with E-state index in [-0.39, 0.29) is 17.3 Å². The van der Waals surface area contributed by atoms with Crippen LogP contribution in [0.1, 0.15) is 52.4 Å². The first-order valence-corrected chi connectivity index (χ1v) is 6.44. The predicted octanol–water partition coefficient (Wildman–Crippen LogP) is 3.09. The molecule has 0 aromatic heterocycles. The van der Waals surface area contributed by atoms with Gasteiger partial charge in [-0.15, -0.1) is 11.6 Å². The molecular weight excluding hydrogens is 210 g/mol. The van der Waals surface area contributed by atoms with E-state index >= 15 is 0 Å². The van der Waals surface area contributed by atoms with E-state index in [1.807, 2.05) is 0 Å². The molecule has 2 nitrogen and oxygen atoms in total. The Morgan fingerprint density at radius 2 is 2.00 bits per heavy atom. The van der Waals surface area contributed by atoms with Gasteiger partial charge in [-0.2, -0.15) is 0 Å². The zero-order valence-corrected chi connectivity index (χ0v) is 10.6. The molecule has 0 bridgehead atoms. The minimum atomic E-state index is -0.103. The first kappa shape index (κ1) is 12.8. The third-order valence-corrected chi connectivity index (χ3v) is 3.49. The molecule has 0 aromatic rings. The van der Waals surface area contributed by atoms with Crippen molar-refractivity contribution in [1.82, 2.24) is 5.32 Å². The maximum Gasteiger partial charge on any atom is 0.235 e. The monoisotopic (exact) mass is 231 g/mol. The van der Waals surface area contributed by atoms with Gasteiger partial charge in [0.25, 0.3) is 0 Å². The molecule has 0 aromatic carbocycles. The van der Waals surface area contributed by atoms with Crippen LogP contribution in [0.3, 0.4) is 0 Å². The van der Waals surface area contributed by atoms with Crippen molar-refractivity contribution in [3.05, 3.63) is 0 Å². The molecule has 15 heavy (non-hydrogen) atoms. The summed E-state index contributed by atoms with van der Waals surface area (Å²) < 4.78 is 0. The maximum absolute atomic E-state index is 11.2. The molecule has 0 saturated heterocycles. The van der Waals surface area contributed by atoms with E-state index < -0.39 is 0 Å². The Hall–Kier alpha value is -0.240. The van der Waals surface area contributed by atoms with Crippen LogP contribution in [-0.4, -0.2) is 17.3 Å². The first-order chi connectivity index (χ1) is 7.03. The van der Waals surface area contributed by atoms with Gasteiger partial charge < -0.3 is 5.32 Å². The van der Waals surface area contributed by atoms with Crippen molar-refractivity contribution in [1.29, 1.82) is 0 Å². The van der Waals surface area contributed by atoms with Gasteiger partial charge in [0.2, 0.25) is 5.91 Å². The molecule has 1 aliphatic rings. The largest absolute Gasteiger partial charge is 0.350 e. The van der Waals surface area contributed by atoms with Crippen LogP contribution in [0, 0.1) is 5.92 Å². The fraction of sp³-hybridized carbons (Fsp3) is 0.917. The summed E-state index contributed by atoms with van der Waals surface area (Å²) in [6.45, 7) is 4.15. The second kappa shape index (κ2) is 5.74. The van der Waals surface area contributed by atoms with Crippen LogP contribution in [0.2, 0.25) is 0 Å². The zero-order valence-electron chi connectivity index (χ0n) is 9.81. The number of hydrogen-bond acceptors (Lipinski definition) is 1. The Labute approximate surface area is 97.8 Å². The third-order valence-electron chi connectivity index (χ3n) is 3.25. The summed E-state index contributed by atoms with van der Waals surface area (Å²) in [4.78, 5) is 11.2. The minimum Gasteiger partial charge on any atom is -0.350 e. The highest BCUT2D eigenvalue weighted by atomic mass is 35.5. The number of carbonyl (C=O) groups is 1. The molecule has 0 radical (unpaired) electrons. The van der Waals surface area contributed by atoms with Crippen LogP contribution < -0.4 is 5.32 Å². The Balaban J connectivity index is 2.25. The van der Waals surface area contributed by atoms with E-state index in [1.54, 1.807) is 0 Å². The second-order valence-electron chi connectivity index (χ2n) is 5.25. The highest BCUT2D eigenvalue weighted by molar-refractivity contribution is 6.27. The van der Waals surface area contributed by atoms with E-state index in [2.05, 4.69) is 19.2 Å². The first-order valence-electron chi connectivity index (χ1n) is 5.90. The third kappa shape index (κ3) is 4.87. The van der Waals surface area contributed by atoms with Crippen molar-refractivity contribution in [2.75, 3.05) is 5.88 Å². The number of halogens is 1. The molecule has 88 valence electrons. The highest BCUT2D eigenvalue weighted by Gasteiger charge is 2.23. The summed E-state index contributed by atoms with van der Waals surface area (Å²) in [5.41, 5.74) is -0.103. The summed E-state index contributed by atoms with van der Waals surface area (Å²) in [6, 6.07) is 0. The van der Waals surface area contributed by atoms with Gasteiger partial charge in [0.1, 0.15) is 5.88 Å². The lowest BCUT2D eigenvalue weighted by molar-refractivity contribution is -0.120. The standard InChI is InChI=1S/C12H22ClNO/c1-12(2,14-11(15)9-13)8-7-10-5-3-4-6-10/h10H,3-9H2,1-2H3,(H,14,15). The Bertz CT molecular complexity index is 210. The van der Waals surface area contributed by atoms with Gasteiger partial charge in [0.15, 0.2) is 0 Å². The SMILES string of the molecule is CC(C)(CCC1CCCC1)NC(=O)CCl. The number of carbonyl (C=O) groups excluding carboxylic acids is 1.